The molecule has 0 saturated carbocycles. The van der Waals surface area contributed by atoms with Gasteiger partial charge in [0, 0.05) is 0 Å². The molecule has 6 aliphatic rings. The molecule has 30 unspecified atom stereocenters. The van der Waals surface area contributed by atoms with Gasteiger partial charge in [-0.05, 0) is 20.8 Å². The molecule has 30 atom stereocenters. The Bertz CT molecular complexity index is 1310. The van der Waals surface area contributed by atoms with Gasteiger partial charge < -0.3 is 140 Å². The van der Waals surface area contributed by atoms with Gasteiger partial charge in [0.15, 0.2) is 25.0 Å². The molecule has 0 radical (unpaired) electrons. The summed E-state index contributed by atoms with van der Waals surface area (Å²) < 4.78 is 74.1. The number of hydrogen-bond acceptors (Lipinski definition) is 28. The highest BCUT2D eigenvalue weighted by atomic mass is 18.2. The molecule has 6 fully saturated rings. The van der Waals surface area contributed by atoms with E-state index in [4.69, 9.17) is 58.0 Å². The van der Waals surface area contributed by atoms with Crippen LogP contribution in [-0.4, -0.2) is 320 Å². The molecule has 408 valence electrons. The normalized spacial score (nSPS) is 51.7. The van der Waals surface area contributed by atoms with Crippen molar-refractivity contribution in [2.45, 2.75) is 205 Å². The third-order valence-corrected chi connectivity index (χ3v) is 12.6. The zero-order chi connectivity index (χ0) is 51.9. The molecule has 6 rings (SSSR count). The topological polar surface area (TPSA) is 467 Å². The average Bonchev–Trinajstić information content (AvgIpc) is 3.34. The van der Waals surface area contributed by atoms with Crippen molar-refractivity contribution in [3.05, 3.63) is 0 Å². The second kappa shape index (κ2) is 26.8. The molecule has 28 nitrogen and oxygen atoms in total. The van der Waals surface area contributed by atoms with E-state index in [9.17, 15) is 90.5 Å². The van der Waals surface area contributed by atoms with Gasteiger partial charge >= 0.3 is 0 Å². The van der Waals surface area contributed by atoms with Crippen molar-refractivity contribution in [3.63, 3.8) is 0 Å². The van der Waals surface area contributed by atoms with Crippen LogP contribution in [0.5, 0.6) is 0 Å². The Kier molecular flexibility index (Phi) is 23.4. The highest BCUT2D eigenvalue weighted by Gasteiger charge is 2.53. The summed E-state index contributed by atoms with van der Waals surface area (Å²) in [6, 6.07) is 0. The summed E-state index contributed by atoms with van der Waals surface area (Å²) in [4.78, 5) is 0. The van der Waals surface area contributed by atoms with E-state index in [1.807, 2.05) is 0 Å². The minimum absolute atomic E-state index is 0.518. The summed E-state index contributed by atoms with van der Waals surface area (Å²) in [6.07, 6.45) is -41.6. The van der Waals surface area contributed by atoms with Crippen LogP contribution in [0.2, 0.25) is 0 Å². The second-order valence-electron chi connectivity index (χ2n) is 17.4. The smallest absolute Gasteiger partial charge is 0.187 e. The minimum Gasteiger partial charge on any atom is -0.394 e. The van der Waals surface area contributed by atoms with Crippen LogP contribution in [0, 0.1) is 0 Å². The quantitative estimate of drug-likeness (QED) is 0.0863. The predicted octanol–water partition coefficient (Wildman–Crippen LogP) is -11.0. The number of ether oxygens (including phenoxy) is 9. The monoisotopic (exact) mass is 1020 g/mol. The van der Waals surface area contributed by atoms with Crippen LogP contribution in [0.25, 0.3) is 0 Å². The van der Waals surface area contributed by atoms with E-state index in [0.29, 0.717) is 0 Å². The van der Waals surface area contributed by atoms with Gasteiger partial charge in [-0.15, -0.1) is 0 Å². The van der Waals surface area contributed by atoms with Crippen molar-refractivity contribution in [1.29, 1.82) is 0 Å². The molecule has 0 aromatic heterocycles. The average molecular weight is 1020 g/mol. The third kappa shape index (κ3) is 13.7. The molecule has 0 spiro atoms. The molecule has 6 heterocycles. The molecule has 0 amide bonds. The van der Waals surface area contributed by atoms with Gasteiger partial charge in [0.1, 0.15) is 147 Å². The number of alkyl halides is 2. The second-order valence-corrected chi connectivity index (χ2v) is 17.4. The SMILES string of the molecule is CC1OC(CO)C(OC2OC(CO)C(O)C(O)C2O)C(O)C1O.CC1OC(CO)C(OC2OC(CO)C(O)C(O)C2O)C(O)C1[18F].CC1OC(C[18F])C(OC2OC(CO)C(O)C(O)C2O)C(O)C1O. The van der Waals surface area contributed by atoms with Gasteiger partial charge in [-0.25, -0.2) is 8.78 Å². The lowest BCUT2D eigenvalue weighted by Crippen LogP contribution is -2.64. The molecule has 0 bridgehead atoms. The molecular formula is C39H70F2O28. The minimum atomic E-state index is -1.78. The molecule has 0 aromatic rings. The fourth-order valence-corrected chi connectivity index (χ4v) is 8.28. The third-order valence-electron chi connectivity index (χ3n) is 12.6. The zero-order valence-electron chi connectivity index (χ0n) is 37.5. The van der Waals surface area contributed by atoms with Gasteiger partial charge in [0.25, 0.3) is 0 Å². The van der Waals surface area contributed by atoms with E-state index < -0.39 is 223 Å². The van der Waals surface area contributed by atoms with Crippen LogP contribution in [0.3, 0.4) is 0 Å². The van der Waals surface area contributed by atoms with Crippen LogP contribution in [-0.2, 0) is 42.6 Å². The number of halogens is 2. The molecule has 0 aromatic carbocycles. The maximum atomic E-state index is 13.9. The lowest BCUT2D eigenvalue weighted by Gasteiger charge is -2.45. The van der Waals surface area contributed by atoms with E-state index in [2.05, 4.69) is 0 Å². The molecule has 6 saturated heterocycles. The Morgan fingerprint density at radius 2 is 0.594 bits per heavy atom. The number of aliphatic hydroxyl groups excluding tert-OH is 19. The molecular weight excluding hydrogens is 952 g/mol. The maximum Gasteiger partial charge on any atom is 0.187 e. The van der Waals surface area contributed by atoms with E-state index in [-0.39, 0.29) is 0 Å². The van der Waals surface area contributed by atoms with E-state index in [1.165, 1.54) is 20.8 Å². The molecule has 6 aliphatic heterocycles. The summed E-state index contributed by atoms with van der Waals surface area (Å²) in [5.74, 6) is 0. The summed E-state index contributed by atoms with van der Waals surface area (Å²) in [5.41, 5.74) is 0. The van der Waals surface area contributed by atoms with Crippen molar-refractivity contribution in [2.24, 2.45) is 0 Å². The number of aliphatic hydroxyl groups is 19. The van der Waals surface area contributed by atoms with E-state index in [0.717, 1.165) is 0 Å². The zero-order valence-corrected chi connectivity index (χ0v) is 37.5. The van der Waals surface area contributed by atoms with Crippen LogP contribution < -0.4 is 0 Å². The Morgan fingerprint density at radius 1 is 0.319 bits per heavy atom. The first kappa shape index (κ1) is 60.3. The molecule has 0 aliphatic carbocycles. The van der Waals surface area contributed by atoms with Crippen LogP contribution in [0.4, 0.5) is 8.78 Å². The fraction of sp³-hybridized carbons (Fsp3) is 1.00. The Labute approximate surface area is 392 Å². The highest BCUT2D eigenvalue weighted by molar-refractivity contribution is 4.98. The van der Waals surface area contributed by atoms with E-state index >= 15 is 0 Å². The summed E-state index contributed by atoms with van der Waals surface area (Å²) in [7, 11) is 0. The highest BCUT2D eigenvalue weighted by Crippen LogP contribution is 2.33. The lowest BCUT2D eigenvalue weighted by molar-refractivity contribution is -0.341. The predicted molar refractivity (Wildman–Crippen MR) is 214 cm³/mol. The van der Waals surface area contributed by atoms with Crippen molar-refractivity contribution >= 4 is 0 Å². The van der Waals surface area contributed by atoms with Gasteiger partial charge in [0.05, 0.1) is 51.3 Å². The van der Waals surface area contributed by atoms with Crippen molar-refractivity contribution in [2.75, 3.05) is 39.7 Å². The largest absolute Gasteiger partial charge is 0.394 e. The summed E-state index contributed by atoms with van der Waals surface area (Å²) in [5, 5.41) is 184. The van der Waals surface area contributed by atoms with Gasteiger partial charge in [-0.2, -0.15) is 0 Å². The Hall–Kier alpha value is -1.26. The molecule has 30 heteroatoms. The standard InChI is InChI=1S/2C13H23FO9.C13H24O10/c1-4-7(16)10(19)12(5(2-14)21-4)23-13-11(20)9(18)8(17)6(3-15)22-13;1-4-7(14)9(18)12(6(3-16)21-4)23-13-11(20)10(19)8(17)5(2-15)22-13;1-4-7(16)10(19)12(6(3-15)21-4)23-13-11(20)9(18)8(17)5(2-14)22-13/h2*4-13,15-20H,2-3H2,1H3;4-20H,2-3H2,1H3/i2*14-1;. The summed E-state index contributed by atoms with van der Waals surface area (Å²) >= 11 is 0. The van der Waals surface area contributed by atoms with Gasteiger partial charge in [0.2, 0.25) is 0 Å². The van der Waals surface area contributed by atoms with Crippen LogP contribution >= 0.6 is 0 Å². The van der Waals surface area contributed by atoms with Crippen LogP contribution in [0.1, 0.15) is 20.8 Å². The first-order valence-electron chi connectivity index (χ1n) is 22.1. The fourth-order valence-electron chi connectivity index (χ4n) is 8.28. The molecule has 69 heavy (non-hydrogen) atoms. The number of rotatable bonds is 12. The summed E-state index contributed by atoms with van der Waals surface area (Å²) in [6.45, 7) is 0.323. The molecule has 19 N–H and O–H groups in total. The van der Waals surface area contributed by atoms with Crippen molar-refractivity contribution in [1.82, 2.24) is 0 Å². The van der Waals surface area contributed by atoms with Gasteiger partial charge in [-0.1, -0.05) is 0 Å². The maximum absolute atomic E-state index is 13.9. The van der Waals surface area contributed by atoms with Gasteiger partial charge in [-0.3, -0.25) is 0 Å². The van der Waals surface area contributed by atoms with Crippen molar-refractivity contribution in [3.8, 4) is 0 Å². The Balaban J connectivity index is 0.000000225. The van der Waals surface area contributed by atoms with E-state index in [1.54, 1.807) is 0 Å². The van der Waals surface area contributed by atoms with Crippen molar-refractivity contribution < 1.29 is 148 Å². The Morgan fingerprint density at radius 3 is 0.899 bits per heavy atom. The first-order chi connectivity index (χ1) is 32.4. The first-order valence-corrected chi connectivity index (χ1v) is 22.1. The number of hydrogen-bond donors (Lipinski definition) is 19. The lowest BCUT2D eigenvalue weighted by atomic mass is 9.95. The van der Waals surface area contributed by atoms with Crippen LogP contribution in [0.15, 0.2) is 0 Å².